The van der Waals surface area contributed by atoms with E-state index in [9.17, 15) is 39.8 Å². The Labute approximate surface area is 309 Å². The van der Waals surface area contributed by atoms with Crippen molar-refractivity contribution >= 4 is 13.7 Å². The first-order valence-electron chi connectivity index (χ1n) is 20.2. The zero-order valence-corrected chi connectivity index (χ0v) is 33.2. The minimum Gasteiger partial charge on any atom is -0.394 e. The van der Waals surface area contributed by atoms with Crippen LogP contribution in [0.25, 0.3) is 0 Å². The van der Waals surface area contributed by atoms with E-state index in [1.807, 2.05) is 0 Å². The van der Waals surface area contributed by atoms with Gasteiger partial charge >= 0.3 is 7.82 Å². The molecule has 1 rings (SSSR count). The smallest absolute Gasteiger partial charge is 0.394 e. The van der Waals surface area contributed by atoms with E-state index in [2.05, 4.69) is 33.0 Å². The predicted molar refractivity (Wildman–Crippen MR) is 200 cm³/mol. The molecule has 1 amide bonds. The predicted octanol–water partition coefficient (Wildman–Crippen LogP) is 6.66. The summed E-state index contributed by atoms with van der Waals surface area (Å²) in [6.07, 6.45) is 13.8. The molecule has 0 radical (unpaired) electrons. The zero-order chi connectivity index (χ0) is 38.1. The van der Waals surface area contributed by atoms with Gasteiger partial charge in [-0.3, -0.25) is 13.8 Å². The normalized spacial score (nSPS) is 23.4. The van der Waals surface area contributed by atoms with Gasteiger partial charge in [0.2, 0.25) is 5.91 Å². The van der Waals surface area contributed by atoms with Crippen LogP contribution in [0.5, 0.6) is 0 Å². The molecule has 0 saturated carbocycles. The molecule has 1 heterocycles. The third-order valence-corrected chi connectivity index (χ3v) is 10.7. The van der Waals surface area contributed by atoms with E-state index in [-0.39, 0.29) is 12.3 Å². The maximum atomic E-state index is 12.9. The standard InChI is InChI=1S/C38H76NO11P/c1-29(2)23-19-15-11-7-5-9-13-17-21-25-32(41)31(39-34(42)26-22-18-14-10-6-8-12-16-20-24-30(3)4)28-48-51(46,47)50-38-37(45)36(44)35(43)33(27-40)49-38/h29-33,35-38,40-41,43-45H,5-28H2,1-4H3,(H,39,42)(H,46,47)/t31?,32?,33-,35-,36+,37+,38+/m1/s1. The molecule has 0 bridgehead atoms. The highest BCUT2D eigenvalue weighted by atomic mass is 31.2. The number of hydrogen-bond donors (Lipinski definition) is 7. The van der Waals surface area contributed by atoms with Gasteiger partial charge in [0, 0.05) is 6.42 Å². The Bertz CT molecular complexity index is 909. The molecule has 1 fully saturated rings. The number of nitrogens with one attached hydrogen (secondary N) is 1. The fourth-order valence-corrected chi connectivity index (χ4v) is 7.29. The van der Waals surface area contributed by atoms with Crippen molar-refractivity contribution in [3.63, 3.8) is 0 Å². The number of aliphatic hydroxyl groups excluding tert-OH is 5. The van der Waals surface area contributed by atoms with Gasteiger partial charge in [0.05, 0.1) is 25.4 Å². The van der Waals surface area contributed by atoms with E-state index < -0.39 is 63.9 Å². The number of hydrogen-bond acceptors (Lipinski definition) is 10. The summed E-state index contributed by atoms with van der Waals surface area (Å²) >= 11 is 0. The van der Waals surface area contributed by atoms with Gasteiger partial charge < -0.3 is 40.5 Å². The monoisotopic (exact) mass is 754 g/mol. The van der Waals surface area contributed by atoms with Crippen molar-refractivity contribution in [2.75, 3.05) is 13.2 Å². The van der Waals surface area contributed by atoms with Crippen LogP contribution < -0.4 is 5.32 Å². The Kier molecular flexibility index (Phi) is 27.3. The fourth-order valence-electron chi connectivity index (χ4n) is 6.44. The number of phosphoric acid groups is 1. The van der Waals surface area contributed by atoms with Gasteiger partial charge in [-0.05, 0) is 24.7 Å². The molecular weight excluding hydrogens is 677 g/mol. The molecule has 51 heavy (non-hydrogen) atoms. The van der Waals surface area contributed by atoms with Gasteiger partial charge in [-0.15, -0.1) is 0 Å². The highest BCUT2D eigenvalue weighted by Crippen LogP contribution is 2.46. The van der Waals surface area contributed by atoms with Crippen molar-refractivity contribution in [2.45, 2.75) is 212 Å². The van der Waals surface area contributed by atoms with Crippen LogP contribution in [0.2, 0.25) is 0 Å². The molecule has 7 N–H and O–H groups in total. The Morgan fingerprint density at radius 2 is 1.12 bits per heavy atom. The molecule has 12 nitrogen and oxygen atoms in total. The van der Waals surface area contributed by atoms with Gasteiger partial charge in [-0.25, -0.2) is 4.57 Å². The summed E-state index contributed by atoms with van der Waals surface area (Å²) in [5, 5.41) is 53.3. The SMILES string of the molecule is CC(C)CCCCCCCCCCCC(=O)NC(COP(=O)(O)O[C@@H]1O[C@H](CO)[C@@H](O)[C@H](O)[C@@H]1O)C(O)CCCCCCCCCCCC(C)C. The summed E-state index contributed by atoms with van der Waals surface area (Å²) in [5.41, 5.74) is 0. The minimum atomic E-state index is -4.95. The van der Waals surface area contributed by atoms with Crippen LogP contribution in [0.1, 0.15) is 169 Å². The zero-order valence-electron chi connectivity index (χ0n) is 32.3. The van der Waals surface area contributed by atoms with E-state index in [0.29, 0.717) is 12.8 Å². The second kappa shape index (κ2) is 28.7. The van der Waals surface area contributed by atoms with E-state index in [4.69, 9.17) is 13.8 Å². The molecule has 0 aromatic rings. The first-order chi connectivity index (χ1) is 24.3. The highest BCUT2D eigenvalue weighted by molar-refractivity contribution is 7.47. The van der Waals surface area contributed by atoms with Crippen LogP contribution in [0, 0.1) is 11.8 Å². The number of carbonyl (C=O) groups is 1. The fraction of sp³-hybridized carbons (Fsp3) is 0.974. The summed E-state index contributed by atoms with van der Waals surface area (Å²) in [4.78, 5) is 23.3. The number of rotatable bonds is 32. The van der Waals surface area contributed by atoms with Gasteiger partial charge in [0.15, 0.2) is 6.29 Å². The van der Waals surface area contributed by atoms with E-state index >= 15 is 0 Å². The lowest BCUT2D eigenvalue weighted by molar-refractivity contribution is -0.281. The summed E-state index contributed by atoms with van der Waals surface area (Å²) in [6.45, 7) is 7.75. The average molecular weight is 754 g/mol. The Balaban J connectivity index is 2.54. The van der Waals surface area contributed by atoms with E-state index in [1.54, 1.807) is 0 Å². The molecule has 3 unspecified atom stereocenters. The molecule has 0 aromatic carbocycles. The van der Waals surface area contributed by atoms with Crippen LogP contribution in [-0.4, -0.2) is 92.4 Å². The number of carbonyl (C=O) groups excluding carboxylic acids is 1. The van der Waals surface area contributed by atoms with Crippen LogP contribution in [0.15, 0.2) is 0 Å². The second-order valence-electron chi connectivity index (χ2n) is 15.6. The Morgan fingerprint density at radius 1 is 0.686 bits per heavy atom. The lowest BCUT2D eigenvalue weighted by atomic mass is 10.00. The molecule has 0 spiro atoms. The quantitative estimate of drug-likeness (QED) is 0.0287. The molecule has 13 heteroatoms. The number of unbranched alkanes of at least 4 members (excludes halogenated alkanes) is 16. The number of amides is 1. The Morgan fingerprint density at radius 3 is 1.57 bits per heavy atom. The molecule has 304 valence electrons. The highest BCUT2D eigenvalue weighted by Gasteiger charge is 2.47. The van der Waals surface area contributed by atoms with E-state index in [1.165, 1.54) is 77.0 Å². The second-order valence-corrected chi connectivity index (χ2v) is 17.0. The van der Waals surface area contributed by atoms with E-state index in [0.717, 1.165) is 56.8 Å². The van der Waals surface area contributed by atoms with Gasteiger partial charge in [-0.1, -0.05) is 150 Å². The topological polar surface area (TPSA) is 195 Å². The third kappa shape index (κ3) is 23.7. The first-order valence-corrected chi connectivity index (χ1v) is 21.7. The third-order valence-electron chi connectivity index (χ3n) is 9.78. The Hall–Kier alpha value is -0.660. The van der Waals surface area contributed by atoms with Crippen LogP contribution in [0.4, 0.5) is 0 Å². The van der Waals surface area contributed by atoms with Crippen molar-refractivity contribution in [1.82, 2.24) is 5.32 Å². The van der Waals surface area contributed by atoms with Gasteiger partial charge in [0.25, 0.3) is 0 Å². The largest absolute Gasteiger partial charge is 0.474 e. The lowest BCUT2D eigenvalue weighted by Crippen LogP contribution is -2.59. The van der Waals surface area contributed by atoms with Crippen LogP contribution in [0.3, 0.4) is 0 Å². The van der Waals surface area contributed by atoms with Crippen molar-refractivity contribution < 1.29 is 53.6 Å². The van der Waals surface area contributed by atoms with Gasteiger partial charge in [0.1, 0.15) is 24.4 Å². The maximum absolute atomic E-state index is 12.9. The van der Waals surface area contributed by atoms with Crippen LogP contribution >= 0.6 is 7.82 Å². The molecule has 1 aliphatic heterocycles. The molecule has 0 aliphatic carbocycles. The molecular formula is C38H76NO11P. The van der Waals surface area contributed by atoms with Crippen molar-refractivity contribution in [1.29, 1.82) is 0 Å². The summed E-state index contributed by atoms with van der Waals surface area (Å²) in [7, 11) is -4.95. The number of ether oxygens (including phenoxy) is 1. The summed E-state index contributed by atoms with van der Waals surface area (Å²) in [5.74, 6) is 1.24. The molecule has 1 aliphatic rings. The van der Waals surface area contributed by atoms with Gasteiger partial charge in [-0.2, -0.15) is 0 Å². The van der Waals surface area contributed by atoms with Crippen molar-refractivity contribution in [3.05, 3.63) is 0 Å². The van der Waals surface area contributed by atoms with Crippen molar-refractivity contribution in [3.8, 4) is 0 Å². The van der Waals surface area contributed by atoms with Crippen LogP contribution in [-0.2, 0) is 23.1 Å². The number of aliphatic hydroxyl groups is 5. The molecule has 8 atom stereocenters. The summed E-state index contributed by atoms with van der Waals surface area (Å²) in [6, 6.07) is -0.988. The van der Waals surface area contributed by atoms with Crippen molar-refractivity contribution in [2.24, 2.45) is 11.8 Å². The molecule has 0 aromatic heterocycles. The summed E-state index contributed by atoms with van der Waals surface area (Å²) < 4.78 is 28.1. The number of phosphoric ester groups is 1. The maximum Gasteiger partial charge on any atom is 0.474 e. The first kappa shape index (κ1) is 48.4. The minimum absolute atomic E-state index is 0.258. The average Bonchev–Trinajstić information content (AvgIpc) is 3.07. The lowest BCUT2D eigenvalue weighted by Gasteiger charge is -2.39. The molecule has 1 saturated heterocycles.